The number of nitrogens with one attached hydrogen (secondary N) is 3. The van der Waals surface area contributed by atoms with E-state index in [0.29, 0.717) is 12.8 Å². The van der Waals surface area contributed by atoms with Gasteiger partial charge in [-0.15, -0.1) is 62.3 Å². The number of methoxy groups -OCH3 is 2. The van der Waals surface area contributed by atoms with Crippen LogP contribution in [0.4, 0.5) is 9.59 Å². The van der Waals surface area contributed by atoms with E-state index in [0.717, 1.165) is 49.4 Å². The van der Waals surface area contributed by atoms with Gasteiger partial charge in [0.25, 0.3) is 0 Å². The van der Waals surface area contributed by atoms with Crippen LogP contribution in [0.25, 0.3) is 19.8 Å². The van der Waals surface area contributed by atoms with Gasteiger partial charge in [0.2, 0.25) is 5.91 Å². The number of carboxylic acids is 1. The summed E-state index contributed by atoms with van der Waals surface area (Å²) in [6.45, 7) is 4.14. The Hall–Kier alpha value is -6.54. The van der Waals surface area contributed by atoms with Crippen molar-refractivity contribution in [2.45, 2.75) is 71.1 Å². The molecule has 4 atom stereocenters. The highest BCUT2D eigenvalue weighted by atomic mass is 79.9. The number of thiophene rings is 2. The quantitative estimate of drug-likeness (QED) is 0.0585. The number of alkyl carbamates (subject to hydrolysis) is 2. The van der Waals surface area contributed by atoms with E-state index in [1.165, 1.54) is 35.8 Å². The van der Waals surface area contributed by atoms with Gasteiger partial charge in [0.15, 0.2) is 0 Å². The molecular weight excluding hydrogens is 1060 g/mol. The smallest absolute Gasteiger partial charge is 0.407 e. The number of hydrogen-bond donors (Lipinski definition) is 5. The van der Waals surface area contributed by atoms with Crippen molar-refractivity contribution in [3.63, 3.8) is 0 Å². The molecule has 13 nitrogen and oxygen atoms in total. The Balaban J connectivity index is 0.000000258. The average molecular weight is 1130 g/mol. The van der Waals surface area contributed by atoms with Crippen LogP contribution >= 0.6 is 62.3 Å². The van der Waals surface area contributed by atoms with Crippen LogP contribution in [0.2, 0.25) is 0 Å². The van der Waals surface area contributed by atoms with E-state index < -0.39 is 30.2 Å². The fourth-order valence-corrected chi connectivity index (χ4v) is 10.4. The summed E-state index contributed by atoms with van der Waals surface area (Å²) in [7, 11) is 2.48. The summed E-state index contributed by atoms with van der Waals surface area (Å²) in [6, 6.07) is 41.4. The van der Waals surface area contributed by atoms with Gasteiger partial charge in [-0.25, -0.2) is 24.4 Å². The third-order valence-corrected chi connectivity index (χ3v) is 14.6. The SMILES string of the molecule is Br.C.COC(=O)N[C@H](Cc1ccccc1)C(=O)N[C@H](Cc1ccc(C)cc1)c1csc(-c2cccs2)n1.COC(=O)N[C@H](Cc1ccccc1)C(=O)O.Cc1ccc(C[C@@H](N)c2csc(-c3cccs3)n2)cc1. The van der Waals surface area contributed by atoms with Gasteiger partial charge in [-0.3, -0.25) is 4.79 Å². The number of rotatable bonds is 17. The average Bonchev–Trinajstić information content (AvgIpc) is 4.25. The molecule has 3 amide bonds. The Morgan fingerprint density at radius 1 is 0.548 bits per heavy atom. The van der Waals surface area contributed by atoms with Crippen molar-refractivity contribution in [3.8, 4) is 19.8 Å². The molecule has 0 unspecified atom stereocenters. The number of ether oxygens (including phenoxy) is 2. The second-order valence-corrected chi connectivity index (χ2v) is 19.9. The molecule has 0 saturated carbocycles. The number of carbonyl (C=O) groups excluding carboxylic acids is 3. The maximum Gasteiger partial charge on any atom is 0.407 e. The van der Waals surface area contributed by atoms with Gasteiger partial charge in [0.1, 0.15) is 22.1 Å². The van der Waals surface area contributed by atoms with E-state index in [2.05, 4.69) is 98.0 Å². The molecule has 18 heteroatoms. The monoisotopic (exact) mass is 1120 g/mol. The Morgan fingerprint density at radius 2 is 0.973 bits per heavy atom. The summed E-state index contributed by atoms with van der Waals surface area (Å²) in [6.07, 6.45) is 0.583. The zero-order valence-electron chi connectivity index (χ0n) is 40.1. The van der Waals surface area contributed by atoms with Crippen molar-refractivity contribution in [1.29, 1.82) is 0 Å². The van der Waals surface area contributed by atoms with E-state index in [1.807, 2.05) is 84.4 Å². The van der Waals surface area contributed by atoms with E-state index in [4.69, 9.17) is 20.6 Å². The third kappa shape index (κ3) is 19.1. The summed E-state index contributed by atoms with van der Waals surface area (Å²) in [5, 5.41) is 27.1. The van der Waals surface area contributed by atoms with Crippen LogP contribution in [0.3, 0.4) is 0 Å². The molecule has 384 valence electrons. The molecule has 0 aliphatic carbocycles. The van der Waals surface area contributed by atoms with Crippen molar-refractivity contribution < 1.29 is 33.8 Å². The van der Waals surface area contributed by atoms with Crippen molar-refractivity contribution in [2.24, 2.45) is 5.73 Å². The van der Waals surface area contributed by atoms with E-state index in [1.54, 1.807) is 57.5 Å². The molecule has 4 heterocycles. The highest BCUT2D eigenvalue weighted by molar-refractivity contribution is 8.93. The number of nitrogens with two attached hydrogens (primary N) is 1. The van der Waals surface area contributed by atoms with Crippen LogP contribution in [-0.2, 0) is 44.7 Å². The maximum atomic E-state index is 13.5. The van der Waals surface area contributed by atoms with Gasteiger partial charge in [-0.2, -0.15) is 0 Å². The van der Waals surface area contributed by atoms with Gasteiger partial charge < -0.3 is 36.3 Å². The third-order valence-electron chi connectivity index (χ3n) is 10.8. The van der Waals surface area contributed by atoms with E-state index >= 15 is 0 Å². The van der Waals surface area contributed by atoms with Gasteiger partial charge in [-0.1, -0.05) is 140 Å². The van der Waals surface area contributed by atoms with Crippen molar-refractivity contribution in [1.82, 2.24) is 25.9 Å². The Kier molecular flexibility index (Phi) is 24.6. The van der Waals surface area contributed by atoms with Gasteiger partial charge in [0, 0.05) is 23.6 Å². The topological polar surface area (TPSA) is 195 Å². The minimum absolute atomic E-state index is 0. The molecule has 0 spiro atoms. The number of nitrogens with zero attached hydrogens (tertiary/aromatic N) is 2. The normalized spacial score (nSPS) is 12.0. The summed E-state index contributed by atoms with van der Waals surface area (Å²) >= 11 is 6.58. The van der Waals surface area contributed by atoms with Gasteiger partial charge in [-0.05, 0) is 71.8 Å². The zero-order chi connectivity index (χ0) is 50.5. The van der Waals surface area contributed by atoms with E-state index in [9.17, 15) is 19.2 Å². The van der Waals surface area contributed by atoms with E-state index in [-0.39, 0.29) is 48.8 Å². The first-order valence-electron chi connectivity index (χ1n) is 22.5. The number of carboxylic acid groups (broad SMARTS) is 1. The van der Waals surface area contributed by atoms with Crippen molar-refractivity contribution in [3.05, 3.63) is 200 Å². The van der Waals surface area contributed by atoms with Crippen LogP contribution in [0.15, 0.2) is 155 Å². The zero-order valence-corrected chi connectivity index (χ0v) is 45.0. The minimum atomic E-state index is -1.09. The number of aryl methyl sites for hydroxylation is 2. The number of aromatic nitrogens is 2. The lowest BCUT2D eigenvalue weighted by atomic mass is 10.0. The lowest BCUT2D eigenvalue weighted by Gasteiger charge is -2.23. The summed E-state index contributed by atoms with van der Waals surface area (Å²) in [5.74, 6) is -1.38. The van der Waals surface area contributed by atoms with Crippen LogP contribution < -0.4 is 21.7 Å². The predicted octanol–water partition coefficient (Wildman–Crippen LogP) is 12.2. The molecule has 0 fully saturated rings. The number of aliphatic carboxylic acids is 1. The number of benzene rings is 4. The predicted molar refractivity (Wildman–Crippen MR) is 302 cm³/mol. The largest absolute Gasteiger partial charge is 0.480 e. The molecule has 4 aromatic heterocycles. The van der Waals surface area contributed by atoms with Crippen LogP contribution in [0, 0.1) is 13.8 Å². The maximum absolute atomic E-state index is 13.5. The second kappa shape index (κ2) is 30.5. The van der Waals surface area contributed by atoms with Crippen LogP contribution in [-0.4, -0.2) is 65.4 Å². The highest BCUT2D eigenvalue weighted by Gasteiger charge is 2.27. The number of carbonyl (C=O) groups is 4. The van der Waals surface area contributed by atoms with Gasteiger partial charge in [0.05, 0.1) is 47.4 Å². The Morgan fingerprint density at radius 3 is 1.42 bits per heavy atom. The van der Waals surface area contributed by atoms with Crippen molar-refractivity contribution >= 4 is 86.4 Å². The first-order valence-corrected chi connectivity index (χ1v) is 26.0. The molecule has 8 rings (SSSR count). The number of thiazole rings is 2. The summed E-state index contributed by atoms with van der Waals surface area (Å²) < 4.78 is 9.13. The van der Waals surface area contributed by atoms with Crippen LogP contribution in [0.1, 0.15) is 64.3 Å². The summed E-state index contributed by atoms with van der Waals surface area (Å²) in [5.41, 5.74) is 14.6. The number of hydrogen-bond acceptors (Lipinski definition) is 13. The second-order valence-electron chi connectivity index (χ2n) is 16.3. The first-order chi connectivity index (χ1) is 34.4. The highest BCUT2D eigenvalue weighted by Crippen LogP contribution is 2.32. The fraction of sp³-hybridized carbons (Fsp3) is 0.236. The minimum Gasteiger partial charge on any atom is -0.480 e. The number of halogens is 1. The molecular formula is C55H61BrN6O7S4. The molecule has 0 radical (unpaired) electrons. The molecule has 0 aliphatic rings. The van der Waals surface area contributed by atoms with Crippen molar-refractivity contribution in [2.75, 3.05) is 14.2 Å². The van der Waals surface area contributed by atoms with Gasteiger partial charge >= 0.3 is 18.2 Å². The molecule has 4 aromatic carbocycles. The fourth-order valence-electron chi connectivity index (χ4n) is 6.99. The Labute approximate surface area is 453 Å². The molecule has 8 aromatic rings. The summed E-state index contributed by atoms with van der Waals surface area (Å²) in [4.78, 5) is 59.1. The lowest BCUT2D eigenvalue weighted by Crippen LogP contribution is -2.49. The standard InChI is InChI=1S/C27H27N3O3S2.C16H16N2S2.C11H13NO4.CH4.BrH/c1-18-10-12-20(13-11-18)15-21(23-17-35-26(29-23)24-9-6-14-34-24)28-25(31)22(30-27(32)33-2)16-19-7-4-3-5-8-19;1-11-4-6-12(7-5-11)9-13(17)14-10-20-16(18-14)15-3-2-8-19-15;1-16-11(15)12-9(10(13)14)7-8-5-3-2-4-6-8;;/h3-14,17,21-22H,15-16H2,1-2H3,(H,28,31)(H,30,32);2-8,10,13H,9,17H2,1H3;2-6,9H,7H2,1H3,(H,12,15)(H,13,14);1H4;1H/t21-,22-;13-;9-;;/m111../s1. The molecule has 6 N–H and O–H groups in total. The molecule has 0 aliphatic heterocycles. The lowest BCUT2D eigenvalue weighted by molar-refractivity contribution is -0.139. The molecule has 0 bridgehead atoms. The molecule has 0 saturated heterocycles. The Bertz CT molecular complexity index is 2870. The van der Waals surface area contributed by atoms with Crippen LogP contribution in [0.5, 0.6) is 0 Å². The first kappa shape index (κ1) is 59.0. The number of amides is 3. The molecule has 73 heavy (non-hydrogen) atoms.